The molecule has 1 heterocycles. The molecule has 18 heavy (non-hydrogen) atoms. The van der Waals surface area contributed by atoms with Gasteiger partial charge in [0.15, 0.2) is 0 Å². The Hall–Kier alpha value is -1.61. The highest BCUT2D eigenvalue weighted by atomic mass is 32.1. The SMILES string of the molecule is CCN(Cc1ccccc1)C(=O)c1ccc(C)s1. The van der Waals surface area contributed by atoms with Gasteiger partial charge < -0.3 is 4.90 Å². The Balaban J connectivity index is 2.12. The van der Waals surface area contributed by atoms with E-state index in [1.165, 1.54) is 10.4 Å². The monoisotopic (exact) mass is 259 g/mol. The molecule has 0 unspecified atom stereocenters. The van der Waals surface area contributed by atoms with Crippen molar-refractivity contribution in [2.45, 2.75) is 20.4 Å². The van der Waals surface area contributed by atoms with Gasteiger partial charge in [-0.1, -0.05) is 30.3 Å². The molecule has 1 aromatic carbocycles. The van der Waals surface area contributed by atoms with Crippen LogP contribution in [0.1, 0.15) is 27.0 Å². The molecule has 0 saturated heterocycles. The lowest BCUT2D eigenvalue weighted by Crippen LogP contribution is -2.29. The van der Waals surface area contributed by atoms with E-state index in [0.717, 1.165) is 11.4 Å². The summed E-state index contributed by atoms with van der Waals surface area (Å²) < 4.78 is 0. The van der Waals surface area contributed by atoms with E-state index in [0.29, 0.717) is 6.54 Å². The first-order chi connectivity index (χ1) is 8.70. The number of amides is 1. The summed E-state index contributed by atoms with van der Waals surface area (Å²) in [7, 11) is 0. The molecule has 3 heteroatoms. The molecule has 2 aromatic rings. The maximum absolute atomic E-state index is 12.3. The van der Waals surface area contributed by atoms with E-state index in [4.69, 9.17) is 0 Å². The van der Waals surface area contributed by atoms with E-state index in [1.807, 2.05) is 49.1 Å². The minimum Gasteiger partial charge on any atom is -0.334 e. The first-order valence-corrected chi connectivity index (χ1v) is 6.92. The number of carbonyl (C=O) groups excluding carboxylic acids is 1. The van der Waals surface area contributed by atoms with Crippen molar-refractivity contribution in [2.75, 3.05) is 6.54 Å². The average molecular weight is 259 g/mol. The Bertz CT molecular complexity index is 518. The minimum absolute atomic E-state index is 0.124. The molecule has 0 bridgehead atoms. The molecular weight excluding hydrogens is 242 g/mol. The van der Waals surface area contributed by atoms with Crippen LogP contribution in [-0.2, 0) is 6.54 Å². The summed E-state index contributed by atoms with van der Waals surface area (Å²) in [5, 5.41) is 0. The molecule has 0 N–H and O–H groups in total. The predicted molar refractivity (Wildman–Crippen MR) is 75.9 cm³/mol. The summed E-state index contributed by atoms with van der Waals surface area (Å²) in [4.78, 5) is 16.2. The van der Waals surface area contributed by atoms with Gasteiger partial charge in [-0.3, -0.25) is 4.79 Å². The molecule has 0 atom stereocenters. The Kier molecular flexibility index (Phi) is 4.15. The molecule has 0 aliphatic carbocycles. The Morgan fingerprint density at radius 2 is 1.89 bits per heavy atom. The van der Waals surface area contributed by atoms with Crippen LogP contribution in [-0.4, -0.2) is 17.4 Å². The predicted octanol–water partition coefficient (Wildman–Crippen LogP) is 3.72. The molecule has 0 radical (unpaired) electrons. The first kappa shape index (κ1) is 12.8. The van der Waals surface area contributed by atoms with E-state index >= 15 is 0 Å². The second-order valence-electron chi connectivity index (χ2n) is 4.22. The fraction of sp³-hybridized carbons (Fsp3) is 0.267. The van der Waals surface area contributed by atoms with Crippen molar-refractivity contribution in [2.24, 2.45) is 0 Å². The molecule has 2 rings (SSSR count). The summed E-state index contributed by atoms with van der Waals surface area (Å²) in [5.41, 5.74) is 1.17. The Labute approximate surface area is 112 Å². The van der Waals surface area contributed by atoms with Crippen molar-refractivity contribution in [3.63, 3.8) is 0 Å². The van der Waals surface area contributed by atoms with Crippen LogP contribution in [0.3, 0.4) is 0 Å². The lowest BCUT2D eigenvalue weighted by molar-refractivity contribution is 0.0757. The zero-order chi connectivity index (χ0) is 13.0. The van der Waals surface area contributed by atoms with Crippen molar-refractivity contribution < 1.29 is 4.79 Å². The third-order valence-corrected chi connectivity index (χ3v) is 3.83. The topological polar surface area (TPSA) is 20.3 Å². The number of hydrogen-bond acceptors (Lipinski definition) is 2. The summed E-state index contributed by atoms with van der Waals surface area (Å²) >= 11 is 1.56. The standard InChI is InChI=1S/C15H17NOS/c1-3-16(11-13-7-5-4-6-8-13)15(17)14-10-9-12(2)18-14/h4-10H,3,11H2,1-2H3. The van der Waals surface area contributed by atoms with E-state index in [2.05, 4.69) is 12.1 Å². The van der Waals surface area contributed by atoms with Crippen LogP contribution in [0.25, 0.3) is 0 Å². The van der Waals surface area contributed by atoms with Gasteiger partial charge in [-0.15, -0.1) is 11.3 Å². The third kappa shape index (κ3) is 2.99. The van der Waals surface area contributed by atoms with E-state index in [-0.39, 0.29) is 5.91 Å². The number of thiophene rings is 1. The molecule has 0 spiro atoms. The summed E-state index contributed by atoms with van der Waals surface area (Å²) in [6.07, 6.45) is 0. The van der Waals surface area contributed by atoms with Gasteiger partial charge in [0, 0.05) is 18.0 Å². The summed E-state index contributed by atoms with van der Waals surface area (Å²) in [5.74, 6) is 0.124. The third-order valence-electron chi connectivity index (χ3n) is 2.84. The lowest BCUT2D eigenvalue weighted by Gasteiger charge is -2.20. The van der Waals surface area contributed by atoms with Gasteiger partial charge in [0.25, 0.3) is 5.91 Å². The molecule has 94 valence electrons. The van der Waals surface area contributed by atoms with Gasteiger partial charge in [0.2, 0.25) is 0 Å². The number of hydrogen-bond donors (Lipinski definition) is 0. The van der Waals surface area contributed by atoms with Gasteiger partial charge in [-0.05, 0) is 31.5 Å². The molecule has 0 aliphatic rings. The van der Waals surface area contributed by atoms with Gasteiger partial charge in [0.05, 0.1) is 4.88 Å². The van der Waals surface area contributed by atoms with Crippen molar-refractivity contribution in [3.05, 3.63) is 57.8 Å². The molecule has 1 aromatic heterocycles. The second kappa shape index (κ2) is 5.83. The molecular formula is C15H17NOS. The van der Waals surface area contributed by atoms with E-state index in [1.54, 1.807) is 11.3 Å². The number of aryl methyl sites for hydroxylation is 1. The highest BCUT2D eigenvalue weighted by molar-refractivity contribution is 7.13. The first-order valence-electron chi connectivity index (χ1n) is 6.10. The number of rotatable bonds is 4. The van der Waals surface area contributed by atoms with Crippen LogP contribution < -0.4 is 0 Å². The Morgan fingerprint density at radius 1 is 1.17 bits per heavy atom. The van der Waals surface area contributed by atoms with Gasteiger partial charge >= 0.3 is 0 Å². The smallest absolute Gasteiger partial charge is 0.264 e. The van der Waals surface area contributed by atoms with Crippen LogP contribution in [0.2, 0.25) is 0 Å². The van der Waals surface area contributed by atoms with Crippen molar-refractivity contribution in [1.82, 2.24) is 4.90 Å². The molecule has 0 aliphatic heterocycles. The second-order valence-corrected chi connectivity index (χ2v) is 5.50. The zero-order valence-electron chi connectivity index (χ0n) is 10.7. The van der Waals surface area contributed by atoms with Crippen LogP contribution in [0, 0.1) is 6.92 Å². The molecule has 0 fully saturated rings. The van der Waals surface area contributed by atoms with Crippen molar-refractivity contribution >= 4 is 17.2 Å². The largest absolute Gasteiger partial charge is 0.334 e. The fourth-order valence-corrected chi connectivity index (χ4v) is 2.67. The van der Waals surface area contributed by atoms with Crippen LogP contribution in [0.4, 0.5) is 0 Å². The highest BCUT2D eigenvalue weighted by Crippen LogP contribution is 2.18. The number of nitrogens with zero attached hydrogens (tertiary/aromatic N) is 1. The summed E-state index contributed by atoms with van der Waals surface area (Å²) in [6, 6.07) is 14.0. The van der Waals surface area contributed by atoms with E-state index in [9.17, 15) is 4.79 Å². The maximum atomic E-state index is 12.3. The minimum atomic E-state index is 0.124. The van der Waals surface area contributed by atoms with Crippen LogP contribution >= 0.6 is 11.3 Å². The molecule has 2 nitrogen and oxygen atoms in total. The normalized spacial score (nSPS) is 10.3. The van der Waals surface area contributed by atoms with Gasteiger partial charge in [-0.2, -0.15) is 0 Å². The molecule has 1 amide bonds. The lowest BCUT2D eigenvalue weighted by atomic mass is 10.2. The van der Waals surface area contributed by atoms with Gasteiger partial charge in [0.1, 0.15) is 0 Å². The average Bonchev–Trinajstić information content (AvgIpc) is 2.83. The quantitative estimate of drug-likeness (QED) is 0.819. The number of carbonyl (C=O) groups is 1. The van der Waals surface area contributed by atoms with Crippen LogP contribution in [0.15, 0.2) is 42.5 Å². The number of benzene rings is 1. The van der Waals surface area contributed by atoms with Crippen molar-refractivity contribution in [1.29, 1.82) is 0 Å². The molecule has 0 saturated carbocycles. The van der Waals surface area contributed by atoms with Gasteiger partial charge in [-0.25, -0.2) is 0 Å². The highest BCUT2D eigenvalue weighted by Gasteiger charge is 2.15. The zero-order valence-corrected chi connectivity index (χ0v) is 11.5. The summed E-state index contributed by atoms with van der Waals surface area (Å²) in [6.45, 7) is 5.44. The van der Waals surface area contributed by atoms with Crippen molar-refractivity contribution in [3.8, 4) is 0 Å². The van der Waals surface area contributed by atoms with Crippen LogP contribution in [0.5, 0.6) is 0 Å². The maximum Gasteiger partial charge on any atom is 0.264 e. The Morgan fingerprint density at radius 3 is 2.44 bits per heavy atom. The van der Waals surface area contributed by atoms with E-state index < -0.39 is 0 Å². The fourth-order valence-electron chi connectivity index (χ4n) is 1.84.